The summed E-state index contributed by atoms with van der Waals surface area (Å²) in [6.45, 7) is 1.49. The number of hydrogen-bond donors (Lipinski definition) is 1. The maximum absolute atomic E-state index is 4.27. The summed E-state index contributed by atoms with van der Waals surface area (Å²) in [7, 11) is 2.06. The molecule has 0 fully saturated rings. The molecule has 0 aliphatic heterocycles. The Labute approximate surface area is 150 Å². The number of H-pyrrole nitrogens is 1. The van der Waals surface area contributed by atoms with Crippen LogP contribution in [0.2, 0.25) is 0 Å². The van der Waals surface area contributed by atoms with Crippen LogP contribution in [-0.4, -0.2) is 47.6 Å². The molecule has 0 spiro atoms. The third-order valence-electron chi connectivity index (χ3n) is 3.98. The largest absolute Gasteiger partial charge is 0.296 e. The second kappa shape index (κ2) is 7.24. The standard InChI is InChI=1S/C18H18N8/c1-25(11-14-6-5-7-15(10-14)18-20-22-23-21-18)12-16-13-26(24-19-16)17-8-3-2-4-9-17/h2-10,13H,11-12H2,1H3,(H,20,21,22,23). The van der Waals surface area contributed by atoms with E-state index in [0.29, 0.717) is 12.4 Å². The van der Waals surface area contributed by atoms with E-state index in [1.54, 1.807) is 4.68 Å². The summed E-state index contributed by atoms with van der Waals surface area (Å²) >= 11 is 0. The molecule has 0 aliphatic carbocycles. The normalized spacial score (nSPS) is 11.2. The molecule has 0 aliphatic rings. The summed E-state index contributed by atoms with van der Waals surface area (Å²) in [6, 6.07) is 18.1. The van der Waals surface area contributed by atoms with Gasteiger partial charge in [-0.3, -0.25) is 4.90 Å². The van der Waals surface area contributed by atoms with Crippen molar-refractivity contribution in [2.24, 2.45) is 0 Å². The molecule has 4 rings (SSSR count). The maximum atomic E-state index is 4.27. The molecular weight excluding hydrogens is 328 g/mol. The third kappa shape index (κ3) is 3.65. The van der Waals surface area contributed by atoms with Crippen LogP contribution in [0.1, 0.15) is 11.3 Å². The second-order valence-electron chi connectivity index (χ2n) is 6.10. The molecule has 1 N–H and O–H groups in total. The van der Waals surface area contributed by atoms with E-state index in [9.17, 15) is 0 Å². The number of aromatic nitrogens is 7. The molecule has 2 aromatic carbocycles. The first kappa shape index (κ1) is 16.1. The van der Waals surface area contributed by atoms with Gasteiger partial charge in [-0.05, 0) is 36.0 Å². The third-order valence-corrected chi connectivity index (χ3v) is 3.98. The summed E-state index contributed by atoms with van der Waals surface area (Å²) in [5, 5.41) is 22.6. The molecule has 0 atom stereocenters. The lowest BCUT2D eigenvalue weighted by Crippen LogP contribution is -2.17. The minimum Gasteiger partial charge on any atom is -0.296 e. The van der Waals surface area contributed by atoms with Gasteiger partial charge in [0.25, 0.3) is 0 Å². The minimum atomic E-state index is 0.598. The first-order valence-electron chi connectivity index (χ1n) is 8.26. The van der Waals surface area contributed by atoms with E-state index in [2.05, 4.69) is 55.0 Å². The lowest BCUT2D eigenvalue weighted by molar-refractivity contribution is 0.315. The van der Waals surface area contributed by atoms with Gasteiger partial charge in [0, 0.05) is 18.7 Å². The Hall–Kier alpha value is -3.39. The molecule has 0 amide bonds. The van der Waals surface area contributed by atoms with Crippen LogP contribution in [0, 0.1) is 0 Å². The molecule has 4 aromatic rings. The van der Waals surface area contributed by atoms with Gasteiger partial charge in [0.05, 0.1) is 17.6 Å². The molecule has 0 saturated carbocycles. The van der Waals surface area contributed by atoms with E-state index < -0.39 is 0 Å². The SMILES string of the molecule is CN(Cc1cccc(-c2nn[nH]n2)c1)Cc1cn(-c2ccccc2)nn1. The van der Waals surface area contributed by atoms with E-state index in [-0.39, 0.29) is 0 Å². The van der Waals surface area contributed by atoms with E-state index >= 15 is 0 Å². The Morgan fingerprint density at radius 3 is 2.69 bits per heavy atom. The van der Waals surface area contributed by atoms with Crippen molar-refractivity contribution in [2.75, 3.05) is 7.05 Å². The van der Waals surface area contributed by atoms with Gasteiger partial charge in [-0.1, -0.05) is 41.6 Å². The van der Waals surface area contributed by atoms with Crippen LogP contribution in [0.5, 0.6) is 0 Å². The zero-order valence-electron chi connectivity index (χ0n) is 14.3. The molecule has 26 heavy (non-hydrogen) atoms. The van der Waals surface area contributed by atoms with Gasteiger partial charge in [0.15, 0.2) is 0 Å². The van der Waals surface area contributed by atoms with Gasteiger partial charge in [0.1, 0.15) is 0 Å². The van der Waals surface area contributed by atoms with E-state index in [0.717, 1.165) is 23.5 Å². The highest BCUT2D eigenvalue weighted by atomic mass is 15.5. The topological polar surface area (TPSA) is 88.4 Å². The van der Waals surface area contributed by atoms with Gasteiger partial charge < -0.3 is 0 Å². The molecule has 0 radical (unpaired) electrons. The Morgan fingerprint density at radius 1 is 1.00 bits per heavy atom. The highest BCUT2D eigenvalue weighted by Crippen LogP contribution is 2.16. The van der Waals surface area contributed by atoms with Gasteiger partial charge in [0.2, 0.25) is 5.82 Å². The van der Waals surface area contributed by atoms with Crippen molar-refractivity contribution in [3.63, 3.8) is 0 Å². The summed E-state index contributed by atoms with van der Waals surface area (Å²) in [5.41, 5.74) is 4.04. The van der Waals surface area contributed by atoms with Gasteiger partial charge in [-0.15, -0.1) is 15.3 Å². The van der Waals surface area contributed by atoms with Crippen molar-refractivity contribution >= 4 is 0 Å². The highest BCUT2D eigenvalue weighted by molar-refractivity contribution is 5.54. The van der Waals surface area contributed by atoms with Crippen molar-refractivity contribution in [3.8, 4) is 17.1 Å². The highest BCUT2D eigenvalue weighted by Gasteiger charge is 2.08. The summed E-state index contributed by atoms with van der Waals surface area (Å²) in [4.78, 5) is 2.19. The van der Waals surface area contributed by atoms with E-state index in [1.165, 1.54) is 5.56 Å². The van der Waals surface area contributed by atoms with Crippen molar-refractivity contribution in [2.45, 2.75) is 13.1 Å². The van der Waals surface area contributed by atoms with Crippen LogP contribution in [-0.2, 0) is 13.1 Å². The number of tetrazole rings is 1. The van der Waals surface area contributed by atoms with Gasteiger partial charge in [-0.25, -0.2) is 4.68 Å². The zero-order chi connectivity index (χ0) is 17.8. The molecular formula is C18H18N8. The summed E-state index contributed by atoms with van der Waals surface area (Å²) < 4.78 is 1.79. The molecule has 0 bridgehead atoms. The van der Waals surface area contributed by atoms with Crippen LogP contribution < -0.4 is 0 Å². The Balaban J connectivity index is 1.42. The first-order chi connectivity index (χ1) is 12.8. The average molecular weight is 346 g/mol. The number of aromatic amines is 1. The predicted molar refractivity (Wildman–Crippen MR) is 96.1 cm³/mol. The van der Waals surface area contributed by atoms with E-state index in [1.807, 2.05) is 48.7 Å². The molecule has 0 saturated heterocycles. The van der Waals surface area contributed by atoms with E-state index in [4.69, 9.17) is 0 Å². The van der Waals surface area contributed by atoms with Crippen molar-refractivity contribution < 1.29 is 0 Å². The van der Waals surface area contributed by atoms with Crippen molar-refractivity contribution in [1.82, 2.24) is 40.5 Å². The molecule has 130 valence electrons. The lowest BCUT2D eigenvalue weighted by atomic mass is 10.1. The number of nitrogens with one attached hydrogen (secondary N) is 1. The minimum absolute atomic E-state index is 0.598. The van der Waals surface area contributed by atoms with Crippen LogP contribution >= 0.6 is 0 Å². The maximum Gasteiger partial charge on any atom is 0.204 e. The van der Waals surface area contributed by atoms with Gasteiger partial charge >= 0.3 is 0 Å². The zero-order valence-corrected chi connectivity index (χ0v) is 14.3. The number of para-hydroxylation sites is 1. The predicted octanol–water partition coefficient (Wildman–Crippen LogP) is 2.08. The lowest BCUT2D eigenvalue weighted by Gasteiger charge is -2.15. The Bertz CT molecular complexity index is 962. The van der Waals surface area contributed by atoms with Crippen molar-refractivity contribution in [3.05, 3.63) is 72.1 Å². The monoisotopic (exact) mass is 346 g/mol. The molecule has 0 unspecified atom stereocenters. The fourth-order valence-electron chi connectivity index (χ4n) is 2.81. The van der Waals surface area contributed by atoms with Gasteiger partial charge in [-0.2, -0.15) is 5.21 Å². The molecule has 8 nitrogen and oxygen atoms in total. The smallest absolute Gasteiger partial charge is 0.204 e. The molecule has 2 heterocycles. The van der Waals surface area contributed by atoms with Crippen LogP contribution in [0.25, 0.3) is 17.1 Å². The number of benzene rings is 2. The Kier molecular flexibility index (Phi) is 4.48. The second-order valence-corrected chi connectivity index (χ2v) is 6.10. The van der Waals surface area contributed by atoms with Crippen LogP contribution in [0.4, 0.5) is 0 Å². The fourth-order valence-corrected chi connectivity index (χ4v) is 2.81. The summed E-state index contributed by atoms with van der Waals surface area (Å²) in [5.74, 6) is 0.598. The number of hydrogen-bond acceptors (Lipinski definition) is 6. The molecule has 8 heteroatoms. The van der Waals surface area contributed by atoms with Crippen LogP contribution in [0.3, 0.4) is 0 Å². The van der Waals surface area contributed by atoms with Crippen LogP contribution in [0.15, 0.2) is 60.8 Å². The Morgan fingerprint density at radius 2 is 1.88 bits per heavy atom. The average Bonchev–Trinajstić information content (AvgIpc) is 3.35. The fraction of sp³-hybridized carbons (Fsp3) is 0.167. The molecule has 2 aromatic heterocycles. The van der Waals surface area contributed by atoms with Crippen molar-refractivity contribution in [1.29, 1.82) is 0 Å². The summed E-state index contributed by atoms with van der Waals surface area (Å²) in [6.07, 6.45) is 1.96. The first-order valence-corrected chi connectivity index (χ1v) is 8.26. The quantitative estimate of drug-likeness (QED) is 0.575. The number of nitrogens with zero attached hydrogens (tertiary/aromatic N) is 7. The number of rotatable bonds is 6.